The summed E-state index contributed by atoms with van der Waals surface area (Å²) in [6, 6.07) is 33.1. The maximum absolute atomic E-state index is 14.0. The number of alkyl halides is 6. The zero-order chi connectivity index (χ0) is 86.7. The minimum Gasteiger partial charge on any atom is -0.297 e. The number of hydrogen-bond acceptors (Lipinski definition) is 24. The second-order valence-electron chi connectivity index (χ2n) is 25.4. The van der Waals surface area contributed by atoms with Crippen molar-refractivity contribution >= 4 is 223 Å². The van der Waals surface area contributed by atoms with Gasteiger partial charge in [0.1, 0.15) is 0 Å². The maximum atomic E-state index is 14.0. The van der Waals surface area contributed by atoms with Crippen LogP contribution in [0.5, 0.6) is 0 Å². The average molecular weight is 1680 g/mol. The summed E-state index contributed by atoms with van der Waals surface area (Å²) < 4.78 is 84.6. The van der Waals surface area contributed by atoms with Gasteiger partial charge in [-0.3, -0.25) is 117 Å². The van der Waals surface area contributed by atoms with Crippen molar-refractivity contribution in [3.8, 4) is 11.1 Å². The van der Waals surface area contributed by atoms with Crippen molar-refractivity contribution in [1.82, 2.24) is 0 Å². The highest BCUT2D eigenvalue weighted by atomic mass is 79.9. The molecule has 0 aromatic heterocycles. The second kappa shape index (κ2) is 53.0. The third-order valence-corrected chi connectivity index (χ3v) is 18.3. The minimum absolute atomic E-state index is 0.0117. The first-order valence-electron chi connectivity index (χ1n) is 36.1. The smallest absolute Gasteiger partial charge is 0.297 e. The Morgan fingerprint density at radius 2 is 0.610 bits per heavy atom. The van der Waals surface area contributed by atoms with E-state index in [-0.39, 0.29) is 11.4 Å². The van der Waals surface area contributed by atoms with Gasteiger partial charge in [0, 0.05) is 10.0 Å². The Hall–Kier alpha value is -13.3. The van der Waals surface area contributed by atoms with Gasteiger partial charge in [-0.1, -0.05) is 48.5 Å². The zero-order valence-electron chi connectivity index (χ0n) is 64.6. The molecule has 2 fully saturated rings. The van der Waals surface area contributed by atoms with E-state index in [0.717, 1.165) is 154 Å². The molecule has 7 aromatic carbocycles. The fourth-order valence-corrected chi connectivity index (χ4v) is 12.7. The normalized spacial score (nSPS) is 15.7. The summed E-state index contributed by atoms with van der Waals surface area (Å²) in [6.45, 7) is 9.49. The predicted molar refractivity (Wildman–Crippen MR) is 456 cm³/mol. The number of benzene rings is 7. The molecule has 2 aliphatic carbocycles. The highest BCUT2D eigenvalue weighted by Crippen LogP contribution is 2.56. The van der Waals surface area contributed by atoms with Crippen LogP contribution in [0.4, 0.5) is 83.2 Å². The Morgan fingerprint density at radius 3 is 0.958 bits per heavy atom. The molecule has 0 aliphatic heterocycles. The van der Waals surface area contributed by atoms with Gasteiger partial charge in [0.25, 0.3) is 0 Å². The van der Waals surface area contributed by atoms with Gasteiger partial charge in [0.05, 0.1) is 144 Å². The molecule has 7 aromatic rings. The van der Waals surface area contributed by atoms with Crippen LogP contribution >= 0.6 is 15.9 Å². The Morgan fingerprint density at radius 1 is 0.305 bits per heavy atom. The lowest BCUT2D eigenvalue weighted by molar-refractivity contribution is -0.288. The van der Waals surface area contributed by atoms with Crippen LogP contribution in [0.2, 0.25) is 0 Å². The lowest BCUT2D eigenvalue weighted by Crippen LogP contribution is -2.54. The molecule has 2 saturated carbocycles. The second-order valence-corrected chi connectivity index (χ2v) is 26.3. The first-order chi connectivity index (χ1) is 56.8. The van der Waals surface area contributed by atoms with Gasteiger partial charge in [-0.2, -0.15) is 26.3 Å². The molecule has 0 saturated heterocycles. The molecule has 0 radical (unpaired) electrons. The predicted octanol–water partition coefficient (Wildman–Crippen LogP) is 17.9. The van der Waals surface area contributed by atoms with Gasteiger partial charge in [-0.25, -0.2) is 0 Å². The van der Waals surface area contributed by atoms with Crippen molar-refractivity contribution in [2.45, 2.75) is 122 Å². The van der Waals surface area contributed by atoms with Gasteiger partial charge >= 0.3 is 12.4 Å². The summed E-state index contributed by atoms with van der Waals surface area (Å²) in [6.07, 6.45) is 20.5. The summed E-state index contributed by atoms with van der Waals surface area (Å²) in [5, 5.41) is 0. The van der Waals surface area contributed by atoms with Gasteiger partial charge in [0.2, 0.25) is 5.41 Å². The molecule has 118 heavy (non-hydrogen) atoms. The van der Waals surface area contributed by atoms with Crippen LogP contribution in [0.3, 0.4) is 0 Å². The number of aryl methyl sites for hydroxylation is 4. The number of carbonyl (C=O) groups excluding carboxylic acids is 12. The van der Waals surface area contributed by atoms with Crippen molar-refractivity contribution in [2.75, 3.05) is 0 Å². The van der Waals surface area contributed by atoms with Crippen LogP contribution < -0.4 is 0 Å². The van der Waals surface area contributed by atoms with E-state index in [1.165, 1.54) is 81.8 Å². The molecule has 2 aliphatic rings. The zero-order valence-corrected chi connectivity index (χ0v) is 66.2. The Kier molecular flexibility index (Phi) is 43.5. The molecular weight excluding hydrogens is 1600 g/mol. The van der Waals surface area contributed by atoms with Crippen molar-refractivity contribution in [1.29, 1.82) is 0 Å². The number of nitrogens with zero attached hydrogens (tertiary/aromatic N) is 12. The van der Waals surface area contributed by atoms with E-state index >= 15 is 0 Å². The number of hydrogen-bond donors (Lipinski definition) is 0. The third-order valence-electron chi connectivity index (χ3n) is 17.7. The first-order valence-corrected chi connectivity index (χ1v) is 36.9. The molecule has 0 spiro atoms. The lowest BCUT2D eigenvalue weighted by Gasteiger charge is -2.38. The summed E-state index contributed by atoms with van der Waals surface area (Å²) in [5.41, 5.74) is 5.83. The Bertz CT molecular complexity index is 4650. The first kappa shape index (κ1) is 97.0. The molecule has 0 N–H and O–H groups in total. The molecule has 0 unspecified atom stereocenters. The largest absolute Gasteiger partial charge is 0.411 e. The van der Waals surface area contributed by atoms with Crippen molar-refractivity contribution in [2.24, 2.45) is 71.7 Å². The molecule has 9 rings (SSSR count). The van der Waals surface area contributed by atoms with E-state index in [4.69, 9.17) is 0 Å². The Labute approximate surface area is 685 Å². The Balaban J connectivity index is 0.000000303. The van der Waals surface area contributed by atoms with E-state index in [2.05, 4.69) is 75.8 Å². The molecule has 0 bridgehead atoms. The number of aldehydes is 12. The lowest BCUT2D eigenvalue weighted by atomic mass is 9.73. The van der Waals surface area contributed by atoms with Crippen LogP contribution in [0.1, 0.15) is 96.7 Å². The molecular formula is C87H83BrF6N12O12. The number of rotatable bonds is 29. The maximum Gasteiger partial charge on any atom is 0.411 e. The third kappa shape index (κ3) is 32.2. The topological polar surface area (TPSA) is 353 Å². The highest BCUT2D eigenvalue weighted by molar-refractivity contribution is 9.10. The van der Waals surface area contributed by atoms with E-state index in [1.54, 1.807) is 36.4 Å². The van der Waals surface area contributed by atoms with Gasteiger partial charge < -0.3 is 0 Å². The highest BCUT2D eigenvalue weighted by Gasteiger charge is 2.72. The van der Waals surface area contributed by atoms with E-state index < -0.39 is 28.9 Å². The van der Waals surface area contributed by atoms with Crippen LogP contribution in [0, 0.1) is 46.5 Å². The van der Waals surface area contributed by atoms with Crippen LogP contribution in [-0.4, -0.2) is 174 Å². The van der Waals surface area contributed by atoms with E-state index in [0.29, 0.717) is 133 Å². The van der Waals surface area contributed by atoms with Gasteiger partial charge in [-0.15, -0.1) is 0 Å². The molecule has 0 amide bonds. The molecule has 31 heteroatoms. The monoisotopic (exact) mass is 1680 g/mol. The van der Waals surface area contributed by atoms with Gasteiger partial charge in [0.15, 0.2) is 75.4 Å². The fourth-order valence-electron chi connectivity index (χ4n) is 12.1. The summed E-state index contributed by atoms with van der Waals surface area (Å²) >= 11 is 3.33. The van der Waals surface area contributed by atoms with Crippen molar-refractivity contribution in [3.63, 3.8) is 0 Å². The number of carbonyl (C=O) groups is 12. The van der Waals surface area contributed by atoms with E-state index in [9.17, 15) is 83.9 Å². The van der Waals surface area contributed by atoms with E-state index in [1.807, 2.05) is 83.1 Å². The quantitative estimate of drug-likeness (QED) is 0.0240. The van der Waals surface area contributed by atoms with Crippen LogP contribution in [0.25, 0.3) is 11.1 Å². The summed E-state index contributed by atoms with van der Waals surface area (Å²) in [5.74, 6) is 1.68. The molecule has 24 nitrogen and oxygen atoms in total. The minimum atomic E-state index is -5.73. The number of aliphatic imine (C=N–C) groups is 12. The summed E-state index contributed by atoms with van der Waals surface area (Å²) in [4.78, 5) is 170. The van der Waals surface area contributed by atoms with Crippen molar-refractivity contribution in [3.05, 3.63) is 177 Å². The number of halogens is 7. The molecule has 0 heterocycles. The SMILES string of the molecule is Cc1c(N=CC=O)cccc1N=CC=O.Cc1cc(-c2ccc(N=CC=O)c(C)c2)ccc1N=CC=O.Cc1cc(Br)c(N=CC=O)cc1N=CC=O.Cc1ccc(N=CC=O)cc1N=CC=O.O=CC=NC1CCC(CC2CCC(N=CC=O)CC2)CC1.O=CC=Nc1ccc(C(c2ccc(N=CC=O)cc2)(C(F)(F)F)C(F)(F)F)cc1. The van der Waals surface area contributed by atoms with Crippen LogP contribution in [0.15, 0.2) is 198 Å². The molecule has 612 valence electrons. The van der Waals surface area contributed by atoms with Gasteiger partial charge in [-0.05, 0) is 250 Å². The average Bonchev–Trinajstić information content (AvgIpc) is 0.716. The van der Waals surface area contributed by atoms with Crippen molar-refractivity contribution < 1.29 is 83.9 Å². The summed E-state index contributed by atoms with van der Waals surface area (Å²) in [7, 11) is 0. The standard InChI is InChI=1S/C19H12F6N2O2.C18H16N2O2.C17H26N2O2.C11H9BrN2O2.2C11H10N2O2/c20-18(21,22)17(19(23,24)25,13-1-5-15(6-2-13)26-9-11-28)14-3-7-16(8-4-14)27-10-12-29;1-13-11-15(3-5-17(13)19-7-9-21)16-4-6-18(14(2)12-16)20-8-10-22;20-11-9-18-16-5-1-14(2-6-16)13-15-3-7-17(8-4-15)19-10-12-21;1-8-6-9(12)11(14-3-5-16)7-10(8)13-2-4-15;1-9-2-3-10(12-4-6-14)8-11(9)13-5-7-15;1-9-10(12-5-7-14)3-2-4-11(9)13-6-8-15/h1-12H;3-12H,1-2H3;9-12,14-17H,1-8,13H2;2-7H,1H3;2*2-8H,1H3. The van der Waals surface area contributed by atoms with Crippen LogP contribution in [-0.2, 0) is 62.9 Å². The fraction of sp³-hybridized carbons (Fsp3) is 0.241. The molecule has 0 atom stereocenters.